The van der Waals surface area contributed by atoms with Crippen LogP contribution in [0.3, 0.4) is 0 Å². The predicted octanol–water partition coefficient (Wildman–Crippen LogP) is 4.60. The Balaban J connectivity index is 2.35. The molecule has 1 aliphatic rings. The third-order valence-electron chi connectivity index (χ3n) is 3.70. The summed E-state index contributed by atoms with van der Waals surface area (Å²) in [5, 5.41) is 8.05. The van der Waals surface area contributed by atoms with E-state index in [1.54, 1.807) is 0 Å². The standard InChI is InChI=1S/C14H17F3NP/c1-2-3-12(18)13(6-7-13)10-5-4-9(8-11(10)15)14(16,17)19/h4-5,8,18H,2-3,6-7,19H2,1H3. The van der Waals surface area contributed by atoms with Crippen LogP contribution in [-0.4, -0.2) is 5.71 Å². The molecule has 0 aromatic heterocycles. The second kappa shape index (κ2) is 4.90. The highest BCUT2D eigenvalue weighted by molar-refractivity contribution is 7.17. The van der Waals surface area contributed by atoms with Gasteiger partial charge in [0, 0.05) is 16.7 Å². The van der Waals surface area contributed by atoms with Gasteiger partial charge in [-0.2, -0.15) is 8.78 Å². The average Bonchev–Trinajstić information content (AvgIpc) is 3.09. The normalized spacial score (nSPS) is 17.3. The number of rotatable bonds is 5. The van der Waals surface area contributed by atoms with Crippen molar-refractivity contribution in [3.05, 3.63) is 35.1 Å². The van der Waals surface area contributed by atoms with Gasteiger partial charge in [0.25, 0.3) is 5.66 Å². The Morgan fingerprint density at radius 1 is 1.42 bits per heavy atom. The molecule has 1 saturated carbocycles. The zero-order chi connectivity index (χ0) is 14.3. The summed E-state index contributed by atoms with van der Waals surface area (Å²) in [6, 6.07) is 3.56. The van der Waals surface area contributed by atoms with E-state index in [0.29, 0.717) is 17.7 Å². The fraction of sp³-hybridized carbons (Fsp3) is 0.500. The molecule has 0 spiro atoms. The molecule has 5 heteroatoms. The van der Waals surface area contributed by atoms with Crippen molar-refractivity contribution in [2.45, 2.75) is 43.7 Å². The lowest BCUT2D eigenvalue weighted by molar-refractivity contribution is 0.103. The molecule has 1 fully saturated rings. The lowest BCUT2D eigenvalue weighted by Crippen LogP contribution is -2.21. The summed E-state index contributed by atoms with van der Waals surface area (Å²) in [5.74, 6) is -0.627. The molecule has 1 nitrogen and oxygen atoms in total. The molecule has 0 aliphatic heterocycles. The van der Waals surface area contributed by atoms with E-state index in [1.165, 1.54) is 21.4 Å². The van der Waals surface area contributed by atoms with E-state index in [4.69, 9.17) is 5.41 Å². The highest BCUT2D eigenvalue weighted by Crippen LogP contribution is 2.51. The van der Waals surface area contributed by atoms with Gasteiger partial charge in [0.1, 0.15) is 5.82 Å². The molecule has 1 aromatic rings. The van der Waals surface area contributed by atoms with E-state index in [-0.39, 0.29) is 5.56 Å². The lowest BCUT2D eigenvalue weighted by atomic mass is 9.87. The van der Waals surface area contributed by atoms with Crippen molar-refractivity contribution < 1.29 is 13.2 Å². The first-order valence-electron chi connectivity index (χ1n) is 6.36. The number of alkyl halides is 2. The molecule has 0 bridgehead atoms. The van der Waals surface area contributed by atoms with Gasteiger partial charge < -0.3 is 5.41 Å². The monoisotopic (exact) mass is 287 g/mol. The SMILES string of the molecule is CCCC(=N)C1(c2ccc(C(F)(F)P)cc2F)CC1. The molecule has 1 unspecified atom stereocenters. The molecular weight excluding hydrogens is 270 g/mol. The molecule has 0 radical (unpaired) electrons. The summed E-state index contributed by atoms with van der Waals surface area (Å²) in [6.07, 6.45) is 2.93. The second-order valence-corrected chi connectivity index (χ2v) is 5.85. The lowest BCUT2D eigenvalue weighted by Gasteiger charge is -2.19. The molecule has 1 atom stereocenters. The summed E-state index contributed by atoms with van der Waals surface area (Å²) in [4.78, 5) is 0. The third kappa shape index (κ3) is 2.69. The molecule has 19 heavy (non-hydrogen) atoms. The van der Waals surface area contributed by atoms with Gasteiger partial charge in [-0.25, -0.2) is 4.39 Å². The molecule has 0 amide bonds. The van der Waals surface area contributed by atoms with Crippen LogP contribution in [0.4, 0.5) is 13.2 Å². The smallest absolute Gasteiger partial charge is 0.283 e. The van der Waals surface area contributed by atoms with Gasteiger partial charge in [0.2, 0.25) is 0 Å². The Hall–Kier alpha value is -0.890. The Labute approximate surface area is 113 Å². The molecule has 2 rings (SSSR count). The van der Waals surface area contributed by atoms with Crippen LogP contribution in [0.1, 0.15) is 43.7 Å². The highest BCUT2D eigenvalue weighted by Gasteiger charge is 2.49. The number of benzene rings is 1. The first-order chi connectivity index (χ1) is 8.81. The zero-order valence-corrected chi connectivity index (χ0v) is 11.9. The Morgan fingerprint density at radius 3 is 2.47 bits per heavy atom. The van der Waals surface area contributed by atoms with Crippen LogP contribution in [0.2, 0.25) is 0 Å². The van der Waals surface area contributed by atoms with Gasteiger partial charge in [-0.15, -0.1) is 0 Å². The summed E-state index contributed by atoms with van der Waals surface area (Å²) >= 11 is 0. The van der Waals surface area contributed by atoms with Gasteiger partial charge in [-0.05, 0) is 30.9 Å². The van der Waals surface area contributed by atoms with Crippen LogP contribution in [0.25, 0.3) is 0 Å². The van der Waals surface area contributed by atoms with Crippen molar-refractivity contribution >= 4 is 15.0 Å². The molecule has 0 heterocycles. The molecule has 1 aliphatic carbocycles. The fourth-order valence-electron chi connectivity index (χ4n) is 2.46. The largest absolute Gasteiger partial charge is 0.309 e. The van der Waals surface area contributed by atoms with E-state index in [1.807, 2.05) is 6.92 Å². The zero-order valence-electron chi connectivity index (χ0n) is 10.8. The maximum absolute atomic E-state index is 14.1. The van der Waals surface area contributed by atoms with Gasteiger partial charge in [-0.1, -0.05) is 34.7 Å². The van der Waals surface area contributed by atoms with Gasteiger partial charge >= 0.3 is 0 Å². The summed E-state index contributed by atoms with van der Waals surface area (Å²) < 4.78 is 40.3. The van der Waals surface area contributed by atoms with Crippen molar-refractivity contribution in [3.8, 4) is 0 Å². The van der Waals surface area contributed by atoms with E-state index in [2.05, 4.69) is 0 Å². The van der Waals surface area contributed by atoms with E-state index in [0.717, 1.165) is 25.3 Å². The van der Waals surface area contributed by atoms with Crippen LogP contribution in [0, 0.1) is 11.2 Å². The molecule has 1 aromatic carbocycles. The first-order valence-corrected chi connectivity index (χ1v) is 6.94. The quantitative estimate of drug-likeness (QED) is 0.604. The van der Waals surface area contributed by atoms with Crippen molar-refractivity contribution in [1.82, 2.24) is 0 Å². The molecule has 0 saturated heterocycles. The van der Waals surface area contributed by atoms with Crippen molar-refractivity contribution in [1.29, 1.82) is 5.41 Å². The van der Waals surface area contributed by atoms with Crippen LogP contribution in [-0.2, 0) is 11.1 Å². The van der Waals surface area contributed by atoms with Gasteiger partial charge in [0.05, 0.1) is 0 Å². The highest BCUT2D eigenvalue weighted by atomic mass is 31.0. The Bertz CT molecular complexity index is 504. The predicted molar refractivity (Wildman–Crippen MR) is 73.6 cm³/mol. The Morgan fingerprint density at radius 2 is 2.05 bits per heavy atom. The maximum atomic E-state index is 14.1. The van der Waals surface area contributed by atoms with Crippen LogP contribution < -0.4 is 0 Å². The van der Waals surface area contributed by atoms with Gasteiger partial charge in [0.15, 0.2) is 0 Å². The van der Waals surface area contributed by atoms with E-state index < -0.39 is 16.9 Å². The van der Waals surface area contributed by atoms with E-state index >= 15 is 0 Å². The fourth-order valence-corrected chi connectivity index (χ4v) is 2.64. The number of nitrogens with one attached hydrogen (secondary N) is 1. The minimum Gasteiger partial charge on any atom is -0.309 e. The third-order valence-corrected chi connectivity index (χ3v) is 4.03. The number of halogens is 3. The average molecular weight is 287 g/mol. The topological polar surface area (TPSA) is 23.9 Å². The van der Waals surface area contributed by atoms with Crippen molar-refractivity contribution in [2.24, 2.45) is 0 Å². The van der Waals surface area contributed by atoms with Gasteiger partial charge in [-0.3, -0.25) is 0 Å². The van der Waals surface area contributed by atoms with Crippen LogP contribution >= 0.6 is 9.24 Å². The van der Waals surface area contributed by atoms with Crippen LogP contribution in [0.15, 0.2) is 18.2 Å². The molecular formula is C14H17F3NP. The van der Waals surface area contributed by atoms with Crippen molar-refractivity contribution in [3.63, 3.8) is 0 Å². The summed E-state index contributed by atoms with van der Waals surface area (Å²) in [6.45, 7) is 1.97. The van der Waals surface area contributed by atoms with Crippen LogP contribution in [0.5, 0.6) is 0 Å². The Kier molecular flexibility index (Phi) is 3.74. The minimum atomic E-state index is -3.12. The summed E-state index contributed by atoms with van der Waals surface area (Å²) in [7, 11) is 1.41. The minimum absolute atomic E-state index is 0.350. The maximum Gasteiger partial charge on any atom is 0.283 e. The second-order valence-electron chi connectivity index (χ2n) is 5.13. The number of hydrogen-bond acceptors (Lipinski definition) is 1. The first kappa shape index (κ1) is 14.5. The summed E-state index contributed by atoms with van der Waals surface area (Å²) in [5.41, 5.74) is -3.10. The molecule has 104 valence electrons. The number of hydrogen-bond donors (Lipinski definition) is 1. The van der Waals surface area contributed by atoms with Crippen molar-refractivity contribution in [2.75, 3.05) is 0 Å². The van der Waals surface area contributed by atoms with E-state index in [9.17, 15) is 13.2 Å². The molecule has 1 N–H and O–H groups in total.